The Balaban J connectivity index is 2.50. The SMILES string of the molecule is C=C(CCc1cccc(N)n1)OC. The number of methoxy groups -OCH3 is 1. The summed E-state index contributed by atoms with van der Waals surface area (Å²) in [5, 5.41) is 0. The number of nitrogen functional groups attached to an aromatic ring is 1. The smallest absolute Gasteiger partial charge is 0.123 e. The van der Waals surface area contributed by atoms with Crippen LogP contribution in [0.15, 0.2) is 30.5 Å². The molecule has 0 saturated heterocycles. The fourth-order valence-electron chi connectivity index (χ4n) is 1.01. The third-order valence-electron chi connectivity index (χ3n) is 1.78. The van der Waals surface area contributed by atoms with Crippen molar-refractivity contribution in [2.75, 3.05) is 12.8 Å². The molecule has 0 radical (unpaired) electrons. The zero-order chi connectivity index (χ0) is 9.68. The van der Waals surface area contributed by atoms with Gasteiger partial charge in [0.05, 0.1) is 12.9 Å². The normalized spacial score (nSPS) is 9.62. The fourth-order valence-corrected chi connectivity index (χ4v) is 1.01. The lowest BCUT2D eigenvalue weighted by molar-refractivity contribution is 0.279. The highest BCUT2D eigenvalue weighted by Crippen LogP contribution is 2.07. The van der Waals surface area contributed by atoms with Crippen LogP contribution in [0.2, 0.25) is 0 Å². The molecule has 0 aliphatic carbocycles. The van der Waals surface area contributed by atoms with E-state index in [4.69, 9.17) is 10.5 Å². The summed E-state index contributed by atoms with van der Waals surface area (Å²) in [6, 6.07) is 5.61. The summed E-state index contributed by atoms with van der Waals surface area (Å²) < 4.78 is 4.95. The van der Waals surface area contributed by atoms with E-state index >= 15 is 0 Å². The summed E-state index contributed by atoms with van der Waals surface area (Å²) in [5.74, 6) is 1.32. The maximum atomic E-state index is 5.53. The van der Waals surface area contributed by atoms with Gasteiger partial charge in [-0.1, -0.05) is 12.6 Å². The minimum absolute atomic E-state index is 0.556. The third kappa shape index (κ3) is 3.15. The summed E-state index contributed by atoms with van der Waals surface area (Å²) in [4.78, 5) is 4.16. The number of anilines is 1. The van der Waals surface area contributed by atoms with E-state index in [1.807, 2.05) is 12.1 Å². The van der Waals surface area contributed by atoms with Gasteiger partial charge in [0.1, 0.15) is 5.82 Å². The molecule has 1 aromatic rings. The Morgan fingerprint density at radius 1 is 1.62 bits per heavy atom. The van der Waals surface area contributed by atoms with Gasteiger partial charge in [-0.2, -0.15) is 0 Å². The Hall–Kier alpha value is -1.51. The summed E-state index contributed by atoms with van der Waals surface area (Å²) in [6.45, 7) is 3.73. The molecule has 0 bridgehead atoms. The Morgan fingerprint density at radius 2 is 2.38 bits per heavy atom. The third-order valence-corrected chi connectivity index (χ3v) is 1.78. The van der Waals surface area contributed by atoms with E-state index in [9.17, 15) is 0 Å². The van der Waals surface area contributed by atoms with Crippen LogP contribution in [0.1, 0.15) is 12.1 Å². The standard InChI is InChI=1S/C10H14N2O/c1-8(13-2)6-7-9-4-3-5-10(11)12-9/h3-5H,1,6-7H2,2H3,(H2,11,12). The van der Waals surface area contributed by atoms with Crippen molar-refractivity contribution < 1.29 is 4.74 Å². The second kappa shape index (κ2) is 4.50. The van der Waals surface area contributed by atoms with E-state index in [2.05, 4.69) is 11.6 Å². The molecule has 0 unspecified atom stereocenters. The molecule has 0 atom stereocenters. The first-order chi connectivity index (χ1) is 6.22. The van der Waals surface area contributed by atoms with Gasteiger partial charge in [-0.15, -0.1) is 0 Å². The maximum Gasteiger partial charge on any atom is 0.123 e. The largest absolute Gasteiger partial charge is 0.502 e. The lowest BCUT2D eigenvalue weighted by atomic mass is 10.2. The van der Waals surface area contributed by atoms with Crippen molar-refractivity contribution in [2.45, 2.75) is 12.8 Å². The van der Waals surface area contributed by atoms with Crippen LogP contribution in [-0.4, -0.2) is 12.1 Å². The van der Waals surface area contributed by atoms with Crippen LogP contribution in [0.3, 0.4) is 0 Å². The second-order valence-corrected chi connectivity index (χ2v) is 2.80. The van der Waals surface area contributed by atoms with E-state index in [1.165, 1.54) is 0 Å². The van der Waals surface area contributed by atoms with Crippen molar-refractivity contribution in [2.24, 2.45) is 0 Å². The molecule has 0 saturated carbocycles. The number of nitrogens with two attached hydrogens (primary N) is 1. The highest BCUT2D eigenvalue weighted by Gasteiger charge is 1.97. The number of ether oxygens (including phenoxy) is 1. The van der Waals surface area contributed by atoms with E-state index in [-0.39, 0.29) is 0 Å². The van der Waals surface area contributed by atoms with Crippen molar-refractivity contribution in [1.29, 1.82) is 0 Å². The molecule has 0 amide bonds. The average molecular weight is 178 g/mol. The molecule has 0 aliphatic heterocycles. The van der Waals surface area contributed by atoms with Crippen molar-refractivity contribution >= 4 is 5.82 Å². The van der Waals surface area contributed by atoms with Gasteiger partial charge in [0.15, 0.2) is 0 Å². The Morgan fingerprint density at radius 3 is 3.00 bits per heavy atom. The fraction of sp³-hybridized carbons (Fsp3) is 0.300. The van der Waals surface area contributed by atoms with Crippen LogP contribution in [0.25, 0.3) is 0 Å². The number of pyridine rings is 1. The molecule has 0 fully saturated rings. The Kier molecular flexibility index (Phi) is 3.31. The highest BCUT2D eigenvalue weighted by molar-refractivity contribution is 5.28. The van der Waals surface area contributed by atoms with Crippen molar-refractivity contribution in [3.63, 3.8) is 0 Å². The summed E-state index contributed by atoms with van der Waals surface area (Å²) in [7, 11) is 1.62. The van der Waals surface area contributed by atoms with Crippen LogP contribution in [0, 0.1) is 0 Å². The predicted molar refractivity (Wildman–Crippen MR) is 53.1 cm³/mol. The topological polar surface area (TPSA) is 48.1 Å². The molecule has 3 nitrogen and oxygen atoms in total. The number of aryl methyl sites for hydroxylation is 1. The summed E-state index contributed by atoms with van der Waals surface area (Å²) >= 11 is 0. The number of nitrogens with zero attached hydrogens (tertiary/aromatic N) is 1. The molecule has 1 rings (SSSR count). The van der Waals surface area contributed by atoms with E-state index in [0.29, 0.717) is 5.82 Å². The summed E-state index contributed by atoms with van der Waals surface area (Å²) in [6.07, 6.45) is 1.60. The summed E-state index contributed by atoms with van der Waals surface area (Å²) in [5.41, 5.74) is 6.50. The van der Waals surface area contributed by atoms with Crippen LogP contribution in [-0.2, 0) is 11.2 Å². The van der Waals surface area contributed by atoms with Gasteiger partial charge in [0.25, 0.3) is 0 Å². The average Bonchev–Trinajstić information content (AvgIpc) is 2.14. The monoisotopic (exact) mass is 178 g/mol. The zero-order valence-electron chi connectivity index (χ0n) is 7.79. The molecule has 1 aromatic heterocycles. The quantitative estimate of drug-likeness (QED) is 0.714. The molecular weight excluding hydrogens is 164 g/mol. The van der Waals surface area contributed by atoms with Gasteiger partial charge in [-0.25, -0.2) is 4.98 Å². The number of rotatable bonds is 4. The molecule has 13 heavy (non-hydrogen) atoms. The lowest BCUT2D eigenvalue weighted by Crippen LogP contribution is -1.96. The zero-order valence-corrected chi connectivity index (χ0v) is 7.79. The molecular formula is C10H14N2O. The van der Waals surface area contributed by atoms with Crippen LogP contribution in [0.4, 0.5) is 5.82 Å². The van der Waals surface area contributed by atoms with E-state index in [1.54, 1.807) is 13.2 Å². The van der Waals surface area contributed by atoms with Gasteiger partial charge in [0.2, 0.25) is 0 Å². The Bertz CT molecular complexity index is 297. The van der Waals surface area contributed by atoms with Crippen molar-refractivity contribution in [3.05, 3.63) is 36.2 Å². The van der Waals surface area contributed by atoms with Gasteiger partial charge in [0, 0.05) is 12.1 Å². The first-order valence-corrected chi connectivity index (χ1v) is 4.15. The van der Waals surface area contributed by atoms with Crippen molar-refractivity contribution in [1.82, 2.24) is 4.98 Å². The van der Waals surface area contributed by atoms with E-state index in [0.717, 1.165) is 24.3 Å². The van der Waals surface area contributed by atoms with Crippen LogP contribution >= 0.6 is 0 Å². The molecule has 1 heterocycles. The van der Waals surface area contributed by atoms with Crippen LogP contribution < -0.4 is 5.73 Å². The number of hydrogen-bond acceptors (Lipinski definition) is 3. The minimum Gasteiger partial charge on any atom is -0.502 e. The van der Waals surface area contributed by atoms with Crippen LogP contribution in [0.5, 0.6) is 0 Å². The van der Waals surface area contributed by atoms with Gasteiger partial charge in [-0.3, -0.25) is 0 Å². The van der Waals surface area contributed by atoms with E-state index < -0.39 is 0 Å². The lowest BCUT2D eigenvalue weighted by Gasteiger charge is -2.03. The molecule has 3 heteroatoms. The second-order valence-electron chi connectivity index (χ2n) is 2.80. The van der Waals surface area contributed by atoms with Gasteiger partial charge in [-0.05, 0) is 18.6 Å². The molecule has 0 aromatic carbocycles. The first kappa shape index (κ1) is 9.58. The number of allylic oxidation sites excluding steroid dienone is 1. The Labute approximate surface area is 78.2 Å². The molecule has 0 spiro atoms. The predicted octanol–water partition coefficient (Wildman–Crippen LogP) is 1.76. The van der Waals surface area contributed by atoms with Gasteiger partial charge < -0.3 is 10.5 Å². The molecule has 70 valence electrons. The first-order valence-electron chi connectivity index (χ1n) is 4.15. The van der Waals surface area contributed by atoms with Gasteiger partial charge >= 0.3 is 0 Å². The molecule has 2 N–H and O–H groups in total. The minimum atomic E-state index is 0.556. The maximum absolute atomic E-state index is 5.53. The number of hydrogen-bond donors (Lipinski definition) is 1. The molecule has 0 aliphatic rings. The number of aromatic nitrogens is 1. The highest BCUT2D eigenvalue weighted by atomic mass is 16.5. The van der Waals surface area contributed by atoms with Crippen molar-refractivity contribution in [3.8, 4) is 0 Å².